The van der Waals surface area contributed by atoms with Gasteiger partial charge in [-0.15, -0.1) is 0 Å². The van der Waals surface area contributed by atoms with Gasteiger partial charge in [0, 0.05) is 10.8 Å². The first-order valence-corrected chi connectivity index (χ1v) is 16.4. The molecule has 0 unspecified atom stereocenters. The van der Waals surface area contributed by atoms with Crippen molar-refractivity contribution in [3.63, 3.8) is 0 Å². The van der Waals surface area contributed by atoms with Crippen LogP contribution in [0.5, 0.6) is 0 Å². The van der Waals surface area contributed by atoms with Crippen molar-refractivity contribution in [2.45, 2.75) is 0 Å². The summed E-state index contributed by atoms with van der Waals surface area (Å²) in [6.07, 6.45) is 0. The zero-order valence-corrected chi connectivity index (χ0v) is 26.7. The SMILES string of the molecule is [C-]#[N+]c1ccc(-c2ccc3c4ccccc4n(-c4cccc5c4C(=O)N(c4cc(-c6ccccc6)cc(-c6ccccc6)c4)C5=O)c3c2)cc1. The van der Waals surface area contributed by atoms with Gasteiger partial charge in [0.1, 0.15) is 0 Å². The lowest BCUT2D eigenvalue weighted by Gasteiger charge is -2.18. The van der Waals surface area contributed by atoms with Gasteiger partial charge in [0.05, 0.1) is 40.1 Å². The average Bonchev–Trinajstić information content (AvgIpc) is 3.65. The molecule has 7 aromatic carbocycles. The fraction of sp³-hybridized carbons (Fsp3) is 0. The molecule has 5 heteroatoms. The van der Waals surface area contributed by atoms with Crippen LogP contribution in [0.1, 0.15) is 20.7 Å². The summed E-state index contributed by atoms with van der Waals surface area (Å²) >= 11 is 0. The number of para-hydroxylation sites is 1. The number of hydrogen-bond donors (Lipinski definition) is 0. The lowest BCUT2D eigenvalue weighted by atomic mass is 9.97. The minimum atomic E-state index is -0.360. The van der Waals surface area contributed by atoms with Gasteiger partial charge in [-0.2, -0.15) is 0 Å². The first-order chi connectivity index (χ1) is 24.6. The fourth-order valence-corrected chi connectivity index (χ4v) is 7.16. The molecule has 0 bridgehead atoms. The molecule has 0 atom stereocenters. The van der Waals surface area contributed by atoms with Crippen LogP contribution >= 0.6 is 0 Å². The van der Waals surface area contributed by atoms with E-state index in [9.17, 15) is 9.59 Å². The number of hydrogen-bond acceptors (Lipinski definition) is 2. The van der Waals surface area contributed by atoms with Crippen LogP contribution in [0.4, 0.5) is 11.4 Å². The highest BCUT2D eigenvalue weighted by molar-refractivity contribution is 6.36. The van der Waals surface area contributed by atoms with Gasteiger partial charge in [-0.05, 0) is 75.8 Å². The molecule has 5 nitrogen and oxygen atoms in total. The molecule has 1 aromatic heterocycles. The molecule has 0 N–H and O–H groups in total. The molecule has 0 aliphatic carbocycles. The van der Waals surface area contributed by atoms with E-state index in [2.05, 4.69) is 39.7 Å². The summed E-state index contributed by atoms with van der Waals surface area (Å²) in [5.41, 5.74) is 10.1. The molecule has 0 radical (unpaired) electrons. The second-order valence-corrected chi connectivity index (χ2v) is 12.4. The van der Waals surface area contributed by atoms with Gasteiger partial charge in [-0.1, -0.05) is 121 Å². The van der Waals surface area contributed by atoms with Crippen LogP contribution in [0.25, 0.3) is 65.7 Å². The van der Waals surface area contributed by atoms with Gasteiger partial charge in [-0.3, -0.25) is 9.59 Å². The first kappa shape index (κ1) is 29.1. The first-order valence-electron chi connectivity index (χ1n) is 16.4. The summed E-state index contributed by atoms with van der Waals surface area (Å²) < 4.78 is 2.10. The lowest BCUT2D eigenvalue weighted by molar-refractivity contribution is 0.0926. The Morgan fingerprint density at radius 1 is 0.460 bits per heavy atom. The topological polar surface area (TPSA) is 46.7 Å². The highest BCUT2D eigenvalue weighted by Crippen LogP contribution is 2.40. The normalized spacial score (nSPS) is 12.4. The van der Waals surface area contributed by atoms with E-state index in [1.807, 2.05) is 127 Å². The van der Waals surface area contributed by atoms with Crippen molar-refractivity contribution in [2.24, 2.45) is 0 Å². The molecule has 1 aliphatic rings. The molecule has 1 aliphatic heterocycles. The van der Waals surface area contributed by atoms with Gasteiger partial charge in [0.2, 0.25) is 0 Å². The van der Waals surface area contributed by atoms with Crippen LogP contribution in [0.15, 0.2) is 164 Å². The van der Waals surface area contributed by atoms with Crippen LogP contribution in [0.3, 0.4) is 0 Å². The summed E-state index contributed by atoms with van der Waals surface area (Å²) in [6.45, 7) is 7.34. The number of carbonyl (C=O) groups excluding carboxylic acids is 2. The quantitative estimate of drug-likeness (QED) is 0.139. The van der Waals surface area contributed by atoms with E-state index >= 15 is 0 Å². The maximum absolute atomic E-state index is 14.7. The zero-order chi connectivity index (χ0) is 33.8. The van der Waals surface area contributed by atoms with Crippen molar-refractivity contribution in [1.29, 1.82) is 0 Å². The maximum atomic E-state index is 14.7. The minimum absolute atomic E-state index is 0.350. The van der Waals surface area contributed by atoms with E-state index in [0.717, 1.165) is 55.2 Å². The van der Waals surface area contributed by atoms with Crippen molar-refractivity contribution >= 4 is 45.0 Å². The van der Waals surface area contributed by atoms with Crippen LogP contribution in [0, 0.1) is 6.57 Å². The molecular weight excluding hydrogens is 615 g/mol. The van der Waals surface area contributed by atoms with E-state index in [0.29, 0.717) is 28.2 Å². The molecule has 2 amide bonds. The molecule has 0 spiro atoms. The Morgan fingerprint density at radius 3 is 1.74 bits per heavy atom. The second-order valence-electron chi connectivity index (χ2n) is 12.4. The van der Waals surface area contributed by atoms with Gasteiger partial charge >= 0.3 is 0 Å². The number of benzene rings is 7. The number of nitrogens with zero attached hydrogens (tertiary/aromatic N) is 3. The summed E-state index contributed by atoms with van der Waals surface area (Å²) in [5.74, 6) is -0.709. The molecule has 2 heterocycles. The second kappa shape index (κ2) is 11.6. The van der Waals surface area contributed by atoms with E-state index in [1.54, 1.807) is 6.07 Å². The fourth-order valence-electron chi connectivity index (χ4n) is 7.16. The van der Waals surface area contributed by atoms with Gasteiger partial charge in [0.25, 0.3) is 11.8 Å². The predicted octanol–water partition coefficient (Wildman–Crippen LogP) is 11.1. The standard InChI is InChI=1S/C45H27N3O2/c1-46-35-22-19-31(20-23-35)32-21-24-38-37-15-8-9-17-40(37)48(42(38)28-32)41-18-10-16-39-43(41)45(50)47(44(39)49)36-26-33(29-11-4-2-5-12-29)25-34(27-36)30-13-6-3-7-14-30/h2-28H. The summed E-state index contributed by atoms with van der Waals surface area (Å²) in [6, 6.07) is 53.5. The van der Waals surface area contributed by atoms with Crippen molar-refractivity contribution in [1.82, 2.24) is 4.57 Å². The molecule has 0 saturated heterocycles. The van der Waals surface area contributed by atoms with Crippen molar-refractivity contribution < 1.29 is 9.59 Å². The Morgan fingerprint density at radius 2 is 1.06 bits per heavy atom. The number of carbonyl (C=O) groups is 2. The van der Waals surface area contributed by atoms with E-state index in [4.69, 9.17) is 6.57 Å². The molecule has 50 heavy (non-hydrogen) atoms. The molecule has 0 fully saturated rings. The summed E-state index contributed by atoms with van der Waals surface area (Å²) in [7, 11) is 0. The van der Waals surface area contributed by atoms with Crippen molar-refractivity contribution in [3.8, 4) is 39.1 Å². The van der Waals surface area contributed by atoms with Crippen molar-refractivity contribution in [2.75, 3.05) is 4.90 Å². The molecule has 234 valence electrons. The highest BCUT2D eigenvalue weighted by atomic mass is 16.2. The average molecular weight is 642 g/mol. The molecule has 0 saturated carbocycles. The van der Waals surface area contributed by atoms with Gasteiger partial charge < -0.3 is 4.57 Å². The number of imide groups is 1. The third kappa shape index (κ3) is 4.62. The van der Waals surface area contributed by atoms with Gasteiger partial charge in [0.15, 0.2) is 5.69 Å². The van der Waals surface area contributed by atoms with E-state index in [-0.39, 0.29) is 11.8 Å². The number of anilines is 1. The van der Waals surface area contributed by atoms with Crippen LogP contribution in [-0.2, 0) is 0 Å². The molecular formula is C45H27N3O2. The number of rotatable bonds is 5. The Balaban J connectivity index is 1.23. The highest BCUT2D eigenvalue weighted by Gasteiger charge is 2.39. The van der Waals surface area contributed by atoms with Gasteiger partial charge in [-0.25, -0.2) is 9.74 Å². The molecule has 8 aromatic rings. The predicted molar refractivity (Wildman–Crippen MR) is 201 cm³/mol. The molecule has 9 rings (SSSR count). The summed E-state index contributed by atoms with van der Waals surface area (Å²) in [4.78, 5) is 33.9. The Kier molecular flexibility index (Phi) is 6.75. The third-order valence-electron chi connectivity index (χ3n) is 9.53. The van der Waals surface area contributed by atoms with Crippen LogP contribution < -0.4 is 4.90 Å². The third-order valence-corrected chi connectivity index (χ3v) is 9.53. The number of amides is 2. The van der Waals surface area contributed by atoms with E-state index < -0.39 is 0 Å². The number of fused-ring (bicyclic) bond motifs is 4. The Bertz CT molecular complexity index is 2630. The monoisotopic (exact) mass is 641 g/mol. The number of aromatic nitrogens is 1. The van der Waals surface area contributed by atoms with Crippen LogP contribution in [-0.4, -0.2) is 16.4 Å². The maximum Gasteiger partial charge on any atom is 0.268 e. The minimum Gasteiger partial charge on any atom is -0.308 e. The summed E-state index contributed by atoms with van der Waals surface area (Å²) in [5, 5.41) is 2.09. The zero-order valence-electron chi connectivity index (χ0n) is 26.7. The Labute approximate surface area is 288 Å². The largest absolute Gasteiger partial charge is 0.308 e. The van der Waals surface area contributed by atoms with Crippen LogP contribution in [0.2, 0.25) is 0 Å². The Hall–Kier alpha value is -7.03. The smallest absolute Gasteiger partial charge is 0.268 e. The van der Waals surface area contributed by atoms with E-state index in [1.165, 1.54) is 4.90 Å². The lowest BCUT2D eigenvalue weighted by Crippen LogP contribution is -2.29. The van der Waals surface area contributed by atoms with Crippen molar-refractivity contribution in [3.05, 3.63) is 186 Å².